The quantitative estimate of drug-likeness (QED) is 0.567. The van der Waals surface area contributed by atoms with Crippen molar-refractivity contribution in [2.45, 2.75) is 31.8 Å². The van der Waals surface area contributed by atoms with Gasteiger partial charge in [-0.25, -0.2) is 4.79 Å². The lowest BCUT2D eigenvalue weighted by Gasteiger charge is -2.28. The minimum absolute atomic E-state index is 0.0746. The molecule has 0 saturated heterocycles. The number of hydrogen-bond donors (Lipinski definition) is 3. The number of nitrogens with one attached hydrogen (secondary N) is 1. The van der Waals surface area contributed by atoms with Gasteiger partial charge < -0.3 is 15.8 Å². The fraction of sp³-hybridized carbons (Fsp3) is 0.227. The number of hydrogen-bond acceptors (Lipinski definition) is 4. The zero-order valence-corrected chi connectivity index (χ0v) is 15.9. The normalized spacial score (nSPS) is 13.0. The van der Waals surface area contributed by atoms with Crippen molar-refractivity contribution in [3.63, 3.8) is 0 Å². The Kier molecular flexibility index (Phi) is 6.09. The van der Waals surface area contributed by atoms with Crippen LogP contribution in [0.2, 0.25) is 0 Å². The molecule has 1 aromatic heterocycles. The van der Waals surface area contributed by atoms with E-state index in [9.17, 15) is 19.5 Å². The third kappa shape index (κ3) is 4.52. The Bertz CT molecular complexity index is 1030. The number of aliphatic carboxylic acids is 1. The van der Waals surface area contributed by atoms with Crippen molar-refractivity contribution < 1.29 is 19.5 Å². The Morgan fingerprint density at radius 2 is 1.86 bits per heavy atom. The van der Waals surface area contributed by atoms with E-state index in [-0.39, 0.29) is 12.8 Å². The third-order valence-electron chi connectivity index (χ3n) is 4.70. The second-order valence-corrected chi connectivity index (χ2v) is 6.76. The fourth-order valence-corrected chi connectivity index (χ4v) is 3.30. The topological polar surface area (TPSA) is 116 Å². The molecule has 0 saturated carbocycles. The largest absolute Gasteiger partial charge is 0.480 e. The van der Waals surface area contributed by atoms with E-state index >= 15 is 0 Å². The summed E-state index contributed by atoms with van der Waals surface area (Å²) in [5.41, 5.74) is 8.10. The average molecular weight is 391 g/mol. The smallest absolute Gasteiger partial charge is 0.327 e. The molecule has 2 unspecified atom stereocenters. The van der Waals surface area contributed by atoms with Crippen LogP contribution >= 0.6 is 0 Å². The van der Waals surface area contributed by atoms with Crippen LogP contribution in [-0.4, -0.2) is 44.9 Å². The molecule has 0 aliphatic heterocycles. The molecule has 0 aliphatic rings. The predicted octanol–water partition coefficient (Wildman–Crippen LogP) is 1.71. The predicted molar refractivity (Wildman–Crippen MR) is 107 cm³/mol. The highest BCUT2D eigenvalue weighted by molar-refractivity contribution is 6.00. The summed E-state index contributed by atoms with van der Waals surface area (Å²) in [5.74, 6) is -2.69. The number of benzene rings is 2. The molecule has 3 aromatic rings. The average Bonchev–Trinajstić information content (AvgIpc) is 3.10. The summed E-state index contributed by atoms with van der Waals surface area (Å²) in [7, 11) is 0. The summed E-state index contributed by atoms with van der Waals surface area (Å²) in [6.07, 6.45) is 3.00. The number of aromatic amines is 1. The number of fused-ring (bicyclic) bond motifs is 1. The molecule has 148 valence electrons. The SMILES string of the molecule is CC(=O)N(C(=O)C(N)Cc1[c]cccc1)C(Cc1[c][nH]c2ccccc12)C(=O)O. The molecule has 0 spiro atoms. The number of carbonyl (C=O) groups is 3. The molecule has 0 aliphatic carbocycles. The first kappa shape index (κ1) is 20.3. The monoisotopic (exact) mass is 391 g/mol. The number of nitrogens with zero attached hydrogens (tertiary/aromatic N) is 1. The van der Waals surface area contributed by atoms with Crippen LogP contribution in [-0.2, 0) is 27.2 Å². The Morgan fingerprint density at radius 3 is 2.52 bits per heavy atom. The maximum absolute atomic E-state index is 12.9. The lowest BCUT2D eigenvalue weighted by molar-refractivity contribution is -0.157. The highest BCUT2D eigenvalue weighted by Gasteiger charge is 2.36. The fourth-order valence-electron chi connectivity index (χ4n) is 3.30. The summed E-state index contributed by atoms with van der Waals surface area (Å²) < 4.78 is 0. The first-order chi connectivity index (χ1) is 13.9. The first-order valence-corrected chi connectivity index (χ1v) is 9.13. The highest BCUT2D eigenvalue weighted by atomic mass is 16.4. The molecule has 7 nitrogen and oxygen atoms in total. The van der Waals surface area contributed by atoms with Crippen molar-refractivity contribution in [3.8, 4) is 0 Å². The molecule has 1 heterocycles. The molecule has 2 amide bonds. The van der Waals surface area contributed by atoms with Gasteiger partial charge in [-0.2, -0.15) is 0 Å². The molecule has 7 heteroatoms. The van der Waals surface area contributed by atoms with Gasteiger partial charge in [0.05, 0.1) is 12.2 Å². The van der Waals surface area contributed by atoms with E-state index in [1.165, 1.54) is 0 Å². The molecule has 29 heavy (non-hydrogen) atoms. The molecule has 2 atom stereocenters. The van der Waals surface area contributed by atoms with Crippen LogP contribution < -0.4 is 5.73 Å². The van der Waals surface area contributed by atoms with E-state index in [0.29, 0.717) is 11.1 Å². The molecule has 2 aromatic carbocycles. The Morgan fingerprint density at radius 1 is 1.14 bits per heavy atom. The van der Waals surface area contributed by atoms with Gasteiger partial charge in [0, 0.05) is 24.2 Å². The number of H-pyrrole nitrogens is 1. The van der Waals surface area contributed by atoms with Crippen LogP contribution in [0.4, 0.5) is 0 Å². The van der Waals surface area contributed by atoms with Gasteiger partial charge in [-0.3, -0.25) is 14.5 Å². The van der Waals surface area contributed by atoms with Crippen LogP contribution in [0.3, 0.4) is 0 Å². The molecule has 3 rings (SSSR count). The number of carboxylic acid groups (broad SMARTS) is 1. The molecular weight excluding hydrogens is 370 g/mol. The minimum Gasteiger partial charge on any atom is -0.480 e. The van der Waals surface area contributed by atoms with E-state index in [0.717, 1.165) is 22.7 Å². The van der Waals surface area contributed by atoms with E-state index in [2.05, 4.69) is 17.2 Å². The summed E-state index contributed by atoms with van der Waals surface area (Å²) in [6.45, 7) is 1.16. The molecule has 0 fully saturated rings. The number of rotatable bonds is 7. The number of amides is 2. The van der Waals surface area contributed by atoms with Gasteiger partial charge in [-0.1, -0.05) is 42.5 Å². The van der Waals surface area contributed by atoms with Crippen molar-refractivity contribution in [1.82, 2.24) is 9.88 Å². The van der Waals surface area contributed by atoms with Gasteiger partial charge in [-0.15, -0.1) is 0 Å². The lowest BCUT2D eigenvalue weighted by atomic mass is 10.0. The van der Waals surface area contributed by atoms with Crippen LogP contribution in [0.5, 0.6) is 0 Å². The summed E-state index contributed by atoms with van der Waals surface area (Å²) in [5, 5.41) is 10.6. The van der Waals surface area contributed by atoms with Gasteiger partial charge in [0.2, 0.25) is 11.8 Å². The minimum atomic E-state index is -1.39. The zero-order valence-electron chi connectivity index (χ0n) is 15.9. The van der Waals surface area contributed by atoms with Crippen molar-refractivity contribution in [3.05, 3.63) is 71.9 Å². The van der Waals surface area contributed by atoms with E-state index in [4.69, 9.17) is 5.73 Å². The second-order valence-electron chi connectivity index (χ2n) is 6.76. The number of nitrogens with two attached hydrogens (primary N) is 1. The number of para-hydroxylation sites is 1. The number of aromatic nitrogens is 1. The van der Waals surface area contributed by atoms with E-state index < -0.39 is 29.9 Å². The van der Waals surface area contributed by atoms with Gasteiger partial charge >= 0.3 is 5.97 Å². The molecule has 4 N–H and O–H groups in total. The third-order valence-corrected chi connectivity index (χ3v) is 4.70. The van der Waals surface area contributed by atoms with Gasteiger partial charge in [0.25, 0.3) is 0 Å². The van der Waals surface area contributed by atoms with Crippen molar-refractivity contribution in [1.29, 1.82) is 0 Å². The van der Waals surface area contributed by atoms with Crippen molar-refractivity contribution in [2.24, 2.45) is 5.73 Å². The van der Waals surface area contributed by atoms with Crippen molar-refractivity contribution >= 4 is 28.7 Å². The Hall–Kier alpha value is -3.45. The van der Waals surface area contributed by atoms with Crippen LogP contribution in [0.15, 0.2) is 48.5 Å². The van der Waals surface area contributed by atoms with Gasteiger partial charge in [-0.05, 0) is 29.7 Å². The van der Waals surface area contributed by atoms with E-state index in [1.807, 2.05) is 24.3 Å². The molecular formula is C22H21N3O4. The number of carbonyl (C=O) groups excluding carboxylic acids is 2. The number of carboxylic acids is 1. The Balaban J connectivity index is 1.86. The summed E-state index contributed by atoms with van der Waals surface area (Å²) in [6, 6.07) is 14.9. The summed E-state index contributed by atoms with van der Waals surface area (Å²) >= 11 is 0. The maximum atomic E-state index is 12.9. The van der Waals surface area contributed by atoms with Gasteiger partial charge in [0.15, 0.2) is 0 Å². The van der Waals surface area contributed by atoms with E-state index in [1.54, 1.807) is 24.3 Å². The summed E-state index contributed by atoms with van der Waals surface area (Å²) in [4.78, 5) is 40.8. The standard InChI is InChI=1S/C22H21N3O4/c1-14(26)25(21(27)18(23)11-15-7-3-2-4-8-15)20(22(28)29)12-16-13-24-19-10-6-5-9-17(16)19/h2-7,9-10,18,20,24H,11-12,23H2,1H3,(H,28,29). The number of imide groups is 1. The zero-order chi connectivity index (χ0) is 21.0. The second kappa shape index (κ2) is 8.70. The highest BCUT2D eigenvalue weighted by Crippen LogP contribution is 2.21. The van der Waals surface area contributed by atoms with Crippen LogP contribution in [0.1, 0.15) is 18.1 Å². The lowest BCUT2D eigenvalue weighted by Crippen LogP contribution is -2.54. The Labute approximate surface area is 168 Å². The maximum Gasteiger partial charge on any atom is 0.327 e. The molecule has 2 radical (unpaired) electrons. The molecule has 0 bridgehead atoms. The first-order valence-electron chi connectivity index (χ1n) is 9.13. The van der Waals surface area contributed by atoms with Crippen LogP contribution in [0, 0.1) is 12.3 Å². The van der Waals surface area contributed by atoms with Crippen molar-refractivity contribution in [2.75, 3.05) is 0 Å². The van der Waals surface area contributed by atoms with Crippen LogP contribution in [0.25, 0.3) is 10.9 Å². The van der Waals surface area contributed by atoms with Gasteiger partial charge in [0.1, 0.15) is 6.04 Å².